The standard InChI is InChI=1S/C18H20ClFN2O3S/c1-11(14-9-23-18(2,3)25-14)24-16-8-15(19)21-17(22-16)26-10-12-4-6-13(20)7-5-12/h4-8,11,14H,9-10H2,1-3H3/t11-,14?/m1/s1. The summed E-state index contributed by atoms with van der Waals surface area (Å²) in [7, 11) is 0. The zero-order chi connectivity index (χ0) is 18.7. The summed E-state index contributed by atoms with van der Waals surface area (Å²) >= 11 is 7.49. The fourth-order valence-corrected chi connectivity index (χ4v) is 3.47. The summed E-state index contributed by atoms with van der Waals surface area (Å²) in [6.07, 6.45) is -0.438. The molecule has 2 atom stereocenters. The maximum Gasteiger partial charge on any atom is 0.219 e. The van der Waals surface area contributed by atoms with Gasteiger partial charge in [0.05, 0.1) is 6.61 Å². The molecule has 0 N–H and O–H groups in total. The van der Waals surface area contributed by atoms with Crippen molar-refractivity contribution in [2.75, 3.05) is 6.61 Å². The Hall–Kier alpha value is -1.41. The molecule has 0 saturated carbocycles. The topological polar surface area (TPSA) is 53.5 Å². The number of halogens is 2. The molecule has 0 aliphatic carbocycles. The Labute approximate surface area is 161 Å². The minimum atomic E-state index is -0.609. The van der Waals surface area contributed by atoms with E-state index in [0.717, 1.165) is 5.56 Å². The number of thioether (sulfide) groups is 1. The Bertz CT molecular complexity index is 761. The number of benzene rings is 1. The molecule has 140 valence electrons. The normalized spacial score (nSPS) is 20.1. The van der Waals surface area contributed by atoms with E-state index in [1.807, 2.05) is 20.8 Å². The zero-order valence-electron chi connectivity index (χ0n) is 14.7. The quantitative estimate of drug-likeness (QED) is 0.406. The summed E-state index contributed by atoms with van der Waals surface area (Å²) in [6, 6.07) is 7.88. The minimum absolute atomic E-state index is 0.186. The average Bonchev–Trinajstić information content (AvgIpc) is 2.94. The fraction of sp³-hybridized carbons (Fsp3) is 0.444. The van der Waals surface area contributed by atoms with Crippen molar-refractivity contribution in [3.05, 3.63) is 46.9 Å². The average molecular weight is 399 g/mol. The molecule has 1 fully saturated rings. The summed E-state index contributed by atoms with van der Waals surface area (Å²) < 4.78 is 30.2. The van der Waals surface area contributed by atoms with Crippen molar-refractivity contribution in [2.24, 2.45) is 0 Å². The van der Waals surface area contributed by atoms with E-state index in [-0.39, 0.29) is 18.0 Å². The second-order valence-corrected chi connectivity index (χ2v) is 7.75. The zero-order valence-corrected chi connectivity index (χ0v) is 16.3. The van der Waals surface area contributed by atoms with Gasteiger partial charge in [0.25, 0.3) is 0 Å². The second kappa shape index (κ2) is 8.08. The van der Waals surface area contributed by atoms with Crippen molar-refractivity contribution in [2.45, 2.75) is 49.7 Å². The third-order valence-electron chi connectivity index (χ3n) is 3.79. The molecule has 8 heteroatoms. The van der Waals surface area contributed by atoms with Crippen molar-refractivity contribution < 1.29 is 18.6 Å². The van der Waals surface area contributed by atoms with E-state index in [1.165, 1.54) is 23.9 Å². The van der Waals surface area contributed by atoms with Gasteiger partial charge in [0.1, 0.15) is 23.2 Å². The Kier molecular flexibility index (Phi) is 6.02. The van der Waals surface area contributed by atoms with E-state index >= 15 is 0 Å². The van der Waals surface area contributed by atoms with Crippen LogP contribution in [0.2, 0.25) is 5.15 Å². The molecule has 1 aliphatic rings. The fourth-order valence-electron chi connectivity index (χ4n) is 2.44. The first-order valence-electron chi connectivity index (χ1n) is 8.21. The highest BCUT2D eigenvalue weighted by molar-refractivity contribution is 7.98. The van der Waals surface area contributed by atoms with Crippen LogP contribution >= 0.6 is 23.4 Å². The molecule has 0 bridgehead atoms. The van der Waals surface area contributed by atoms with Gasteiger partial charge in [0.15, 0.2) is 10.9 Å². The lowest BCUT2D eigenvalue weighted by Gasteiger charge is -2.21. The van der Waals surface area contributed by atoms with Gasteiger partial charge in [-0.2, -0.15) is 4.98 Å². The van der Waals surface area contributed by atoms with Crippen LogP contribution in [0, 0.1) is 5.82 Å². The van der Waals surface area contributed by atoms with Crippen molar-refractivity contribution in [3.8, 4) is 5.88 Å². The number of hydrogen-bond donors (Lipinski definition) is 0. The van der Waals surface area contributed by atoms with Gasteiger partial charge in [-0.05, 0) is 38.5 Å². The van der Waals surface area contributed by atoms with Crippen LogP contribution in [0.25, 0.3) is 0 Å². The predicted octanol–water partition coefficient (Wildman–Crippen LogP) is 4.48. The highest BCUT2D eigenvalue weighted by atomic mass is 35.5. The Balaban J connectivity index is 1.62. The highest BCUT2D eigenvalue weighted by Gasteiger charge is 2.36. The molecule has 1 aromatic carbocycles. The van der Waals surface area contributed by atoms with Crippen LogP contribution in [0.1, 0.15) is 26.3 Å². The third kappa shape index (κ3) is 5.30. The van der Waals surface area contributed by atoms with Gasteiger partial charge in [-0.15, -0.1) is 0 Å². The maximum atomic E-state index is 13.0. The van der Waals surface area contributed by atoms with E-state index < -0.39 is 5.79 Å². The number of aromatic nitrogens is 2. The van der Waals surface area contributed by atoms with Gasteiger partial charge in [0, 0.05) is 11.8 Å². The minimum Gasteiger partial charge on any atom is -0.472 e. The first kappa shape index (κ1) is 19.4. The van der Waals surface area contributed by atoms with E-state index in [9.17, 15) is 4.39 Å². The van der Waals surface area contributed by atoms with Crippen LogP contribution < -0.4 is 4.74 Å². The molecule has 1 saturated heterocycles. The number of nitrogens with zero attached hydrogens (tertiary/aromatic N) is 2. The van der Waals surface area contributed by atoms with Crippen LogP contribution in [-0.2, 0) is 15.2 Å². The third-order valence-corrected chi connectivity index (χ3v) is 4.90. The molecular weight excluding hydrogens is 379 g/mol. The van der Waals surface area contributed by atoms with Crippen molar-refractivity contribution >= 4 is 23.4 Å². The molecule has 1 aliphatic heterocycles. The Morgan fingerprint density at radius 3 is 2.73 bits per heavy atom. The van der Waals surface area contributed by atoms with Crippen LogP contribution in [0.5, 0.6) is 5.88 Å². The van der Waals surface area contributed by atoms with Crippen LogP contribution in [-0.4, -0.2) is 34.6 Å². The molecule has 26 heavy (non-hydrogen) atoms. The molecule has 2 aromatic rings. The molecule has 1 unspecified atom stereocenters. The molecular formula is C18H20ClFN2O3S. The van der Waals surface area contributed by atoms with Gasteiger partial charge in [-0.1, -0.05) is 35.5 Å². The van der Waals surface area contributed by atoms with Crippen molar-refractivity contribution in [3.63, 3.8) is 0 Å². The van der Waals surface area contributed by atoms with E-state index in [2.05, 4.69) is 9.97 Å². The van der Waals surface area contributed by atoms with E-state index in [4.69, 9.17) is 25.8 Å². The van der Waals surface area contributed by atoms with Gasteiger partial charge in [-0.25, -0.2) is 9.37 Å². The number of ether oxygens (including phenoxy) is 3. The van der Waals surface area contributed by atoms with Gasteiger partial charge < -0.3 is 14.2 Å². The van der Waals surface area contributed by atoms with Crippen molar-refractivity contribution in [1.29, 1.82) is 0 Å². The second-order valence-electron chi connectivity index (χ2n) is 6.42. The van der Waals surface area contributed by atoms with Gasteiger partial charge in [-0.3, -0.25) is 0 Å². The summed E-state index contributed by atoms with van der Waals surface area (Å²) in [5.74, 6) is 0.113. The van der Waals surface area contributed by atoms with Gasteiger partial charge >= 0.3 is 0 Å². The molecule has 3 rings (SSSR count). The van der Waals surface area contributed by atoms with Crippen LogP contribution in [0.4, 0.5) is 4.39 Å². The summed E-state index contributed by atoms with van der Waals surface area (Å²) in [4.78, 5) is 8.59. The number of hydrogen-bond acceptors (Lipinski definition) is 6. The van der Waals surface area contributed by atoms with E-state index in [0.29, 0.717) is 28.5 Å². The van der Waals surface area contributed by atoms with E-state index in [1.54, 1.807) is 18.2 Å². The largest absolute Gasteiger partial charge is 0.472 e. The van der Waals surface area contributed by atoms with Crippen LogP contribution in [0.15, 0.2) is 35.5 Å². The van der Waals surface area contributed by atoms with Crippen LogP contribution in [0.3, 0.4) is 0 Å². The molecule has 2 heterocycles. The first-order valence-corrected chi connectivity index (χ1v) is 9.57. The lowest BCUT2D eigenvalue weighted by atomic mass is 10.2. The summed E-state index contributed by atoms with van der Waals surface area (Å²) in [5.41, 5.74) is 0.967. The Morgan fingerprint density at radius 2 is 2.08 bits per heavy atom. The van der Waals surface area contributed by atoms with Gasteiger partial charge in [0.2, 0.25) is 5.88 Å². The molecule has 0 radical (unpaired) electrons. The smallest absolute Gasteiger partial charge is 0.219 e. The molecule has 5 nitrogen and oxygen atoms in total. The maximum absolute atomic E-state index is 13.0. The summed E-state index contributed by atoms with van der Waals surface area (Å²) in [6.45, 7) is 6.09. The van der Waals surface area contributed by atoms with Crippen molar-refractivity contribution in [1.82, 2.24) is 9.97 Å². The Morgan fingerprint density at radius 1 is 1.35 bits per heavy atom. The molecule has 0 amide bonds. The lowest BCUT2D eigenvalue weighted by molar-refractivity contribution is -0.147. The number of rotatable bonds is 6. The SMILES string of the molecule is C[C@@H](Oc1cc(Cl)nc(SCc2ccc(F)cc2)n1)C1COC(C)(C)O1. The predicted molar refractivity (Wildman–Crippen MR) is 98.0 cm³/mol. The summed E-state index contributed by atoms with van der Waals surface area (Å²) in [5, 5.41) is 0.792. The lowest BCUT2D eigenvalue weighted by Crippen LogP contribution is -2.33. The molecule has 0 spiro atoms. The monoisotopic (exact) mass is 398 g/mol. The first-order chi connectivity index (χ1) is 12.3. The highest BCUT2D eigenvalue weighted by Crippen LogP contribution is 2.28. The molecule has 1 aromatic heterocycles.